The Bertz CT molecular complexity index is 506. The molecule has 7 heteroatoms. The van der Waals surface area contributed by atoms with Gasteiger partial charge in [0.2, 0.25) is 0 Å². The van der Waals surface area contributed by atoms with Crippen molar-refractivity contribution < 1.29 is 14.4 Å². The van der Waals surface area contributed by atoms with Crippen LogP contribution in [0.15, 0.2) is 12.1 Å². The number of nitrogens with zero attached hydrogens (tertiary/aromatic N) is 1. The highest BCUT2D eigenvalue weighted by Crippen LogP contribution is 2.48. The number of rotatable bonds is 6. The van der Waals surface area contributed by atoms with Crippen molar-refractivity contribution in [2.75, 3.05) is 18.5 Å². The van der Waals surface area contributed by atoms with Crippen molar-refractivity contribution in [2.24, 2.45) is 5.41 Å². The quantitative estimate of drug-likeness (QED) is 0.623. The second-order valence-corrected chi connectivity index (χ2v) is 5.27. The van der Waals surface area contributed by atoms with Gasteiger partial charge in [0.15, 0.2) is 0 Å². The zero-order chi connectivity index (χ0) is 14.0. The van der Waals surface area contributed by atoms with Crippen molar-refractivity contribution in [3.05, 3.63) is 33.1 Å². The number of benzene rings is 1. The average Bonchev–Trinajstić information content (AvgIpc) is 3.11. The second-order valence-electron chi connectivity index (χ2n) is 4.87. The van der Waals surface area contributed by atoms with E-state index in [2.05, 4.69) is 5.32 Å². The summed E-state index contributed by atoms with van der Waals surface area (Å²) in [6.07, 6.45) is 2.61. The highest BCUT2D eigenvalue weighted by Gasteiger charge is 2.41. The molecule has 2 rings (SSSR count). The molecule has 1 saturated carbocycles. The summed E-state index contributed by atoms with van der Waals surface area (Å²) < 4.78 is 13.2. The molecular formula is C12H14ClFN2O3. The lowest BCUT2D eigenvalue weighted by molar-refractivity contribution is -0.384. The lowest BCUT2D eigenvalue weighted by atomic mass is 10.0. The first-order valence-corrected chi connectivity index (χ1v) is 6.33. The van der Waals surface area contributed by atoms with E-state index >= 15 is 0 Å². The van der Waals surface area contributed by atoms with Crippen LogP contribution in [0.3, 0.4) is 0 Å². The standard InChI is InChI=1S/C12H14ClFN2O3/c13-8-5-10(11(16(18)19)6-9(8)14)15-7-12(1-2-12)3-4-17/h5-6,15,17H,1-4,7H2. The maximum Gasteiger partial charge on any atom is 0.295 e. The summed E-state index contributed by atoms with van der Waals surface area (Å²) in [6, 6.07) is 2.04. The van der Waals surface area contributed by atoms with Gasteiger partial charge in [-0.05, 0) is 30.7 Å². The fourth-order valence-corrected chi connectivity index (χ4v) is 2.20. The Morgan fingerprint density at radius 3 is 2.74 bits per heavy atom. The van der Waals surface area contributed by atoms with Gasteiger partial charge in [0.1, 0.15) is 11.5 Å². The number of nitrogens with one attached hydrogen (secondary N) is 1. The van der Waals surface area contributed by atoms with E-state index in [-0.39, 0.29) is 28.4 Å². The van der Waals surface area contributed by atoms with E-state index in [1.54, 1.807) is 0 Å². The molecule has 19 heavy (non-hydrogen) atoms. The number of aliphatic hydroxyl groups excluding tert-OH is 1. The van der Waals surface area contributed by atoms with E-state index in [0.717, 1.165) is 18.9 Å². The Balaban J connectivity index is 2.15. The lowest BCUT2D eigenvalue weighted by Gasteiger charge is -2.15. The zero-order valence-corrected chi connectivity index (χ0v) is 10.9. The SMILES string of the molecule is O=[N+]([O-])c1cc(F)c(Cl)cc1NCC1(CCO)CC1. The van der Waals surface area contributed by atoms with Gasteiger partial charge in [-0.25, -0.2) is 4.39 Å². The maximum atomic E-state index is 13.2. The molecule has 1 fully saturated rings. The van der Waals surface area contributed by atoms with E-state index in [0.29, 0.717) is 13.0 Å². The summed E-state index contributed by atoms with van der Waals surface area (Å²) in [7, 11) is 0. The van der Waals surface area contributed by atoms with Crippen LogP contribution in [0.2, 0.25) is 5.02 Å². The first-order chi connectivity index (χ1) is 8.97. The van der Waals surface area contributed by atoms with Gasteiger partial charge in [-0.1, -0.05) is 11.6 Å². The second kappa shape index (κ2) is 5.30. The highest BCUT2D eigenvalue weighted by atomic mass is 35.5. The number of hydrogen-bond donors (Lipinski definition) is 2. The molecule has 0 saturated heterocycles. The van der Waals surface area contributed by atoms with Gasteiger partial charge in [-0.3, -0.25) is 10.1 Å². The largest absolute Gasteiger partial charge is 0.396 e. The molecule has 1 aliphatic carbocycles. The molecule has 0 unspecified atom stereocenters. The van der Waals surface area contributed by atoms with Crippen molar-refractivity contribution in [1.29, 1.82) is 0 Å². The number of hydrogen-bond acceptors (Lipinski definition) is 4. The van der Waals surface area contributed by atoms with Gasteiger partial charge in [0.25, 0.3) is 5.69 Å². The minimum atomic E-state index is -0.810. The van der Waals surface area contributed by atoms with E-state index in [1.807, 2.05) is 0 Å². The maximum absolute atomic E-state index is 13.2. The van der Waals surface area contributed by atoms with Crippen LogP contribution in [0.5, 0.6) is 0 Å². The summed E-state index contributed by atoms with van der Waals surface area (Å²) in [4.78, 5) is 10.2. The van der Waals surface area contributed by atoms with Crippen LogP contribution in [-0.4, -0.2) is 23.2 Å². The molecule has 2 N–H and O–H groups in total. The van der Waals surface area contributed by atoms with E-state index in [4.69, 9.17) is 16.7 Å². The predicted molar refractivity (Wildman–Crippen MR) is 69.9 cm³/mol. The van der Waals surface area contributed by atoms with Gasteiger partial charge in [0, 0.05) is 13.2 Å². The van der Waals surface area contributed by atoms with Crippen LogP contribution in [0.25, 0.3) is 0 Å². The molecule has 5 nitrogen and oxygen atoms in total. The molecule has 0 heterocycles. The van der Waals surface area contributed by atoms with Crippen LogP contribution >= 0.6 is 11.6 Å². The molecule has 0 amide bonds. The van der Waals surface area contributed by atoms with E-state index < -0.39 is 10.7 Å². The van der Waals surface area contributed by atoms with Crippen molar-refractivity contribution >= 4 is 23.0 Å². The molecule has 104 valence electrons. The van der Waals surface area contributed by atoms with Crippen LogP contribution in [0, 0.1) is 21.3 Å². The predicted octanol–water partition coefficient (Wildman–Crippen LogP) is 2.96. The number of nitro benzene ring substituents is 1. The summed E-state index contributed by atoms with van der Waals surface area (Å²) in [6.45, 7) is 0.601. The fourth-order valence-electron chi connectivity index (χ4n) is 2.04. The first kappa shape index (κ1) is 14.0. The van der Waals surface area contributed by atoms with Gasteiger partial charge >= 0.3 is 0 Å². The molecular weight excluding hydrogens is 275 g/mol. The molecule has 0 bridgehead atoms. The summed E-state index contributed by atoms with van der Waals surface area (Å²) in [5, 5.41) is 22.6. The average molecular weight is 289 g/mol. The van der Waals surface area contributed by atoms with Gasteiger partial charge in [-0.15, -0.1) is 0 Å². The topological polar surface area (TPSA) is 75.4 Å². The van der Waals surface area contributed by atoms with Crippen LogP contribution in [0.4, 0.5) is 15.8 Å². The van der Waals surface area contributed by atoms with Gasteiger partial charge < -0.3 is 10.4 Å². The molecule has 0 atom stereocenters. The third kappa shape index (κ3) is 3.13. The summed E-state index contributed by atoms with van der Waals surface area (Å²) in [5.74, 6) is -0.810. The third-order valence-corrected chi connectivity index (χ3v) is 3.78. The normalized spacial score (nSPS) is 16.2. The molecule has 0 aliphatic heterocycles. The van der Waals surface area contributed by atoms with Crippen LogP contribution < -0.4 is 5.32 Å². The van der Waals surface area contributed by atoms with Crippen molar-refractivity contribution in [2.45, 2.75) is 19.3 Å². The van der Waals surface area contributed by atoms with Crippen LogP contribution in [-0.2, 0) is 0 Å². The summed E-state index contributed by atoms with van der Waals surface area (Å²) in [5.41, 5.74) is -0.119. The monoisotopic (exact) mass is 288 g/mol. The number of halogens is 2. The fraction of sp³-hybridized carbons (Fsp3) is 0.500. The Morgan fingerprint density at radius 1 is 1.53 bits per heavy atom. The number of nitro groups is 1. The summed E-state index contributed by atoms with van der Waals surface area (Å²) >= 11 is 5.64. The van der Waals surface area contributed by atoms with Crippen molar-refractivity contribution in [1.82, 2.24) is 0 Å². The Kier molecular flexibility index (Phi) is 3.91. The molecule has 0 radical (unpaired) electrons. The Morgan fingerprint density at radius 2 is 2.21 bits per heavy atom. The van der Waals surface area contributed by atoms with E-state index in [1.165, 1.54) is 6.07 Å². The molecule has 0 spiro atoms. The molecule has 0 aromatic heterocycles. The smallest absolute Gasteiger partial charge is 0.295 e. The molecule has 1 aromatic carbocycles. The zero-order valence-electron chi connectivity index (χ0n) is 10.2. The lowest BCUT2D eigenvalue weighted by Crippen LogP contribution is -2.17. The molecule has 1 aromatic rings. The van der Waals surface area contributed by atoms with Crippen molar-refractivity contribution in [3.63, 3.8) is 0 Å². The van der Waals surface area contributed by atoms with Gasteiger partial charge in [0.05, 0.1) is 16.0 Å². The van der Waals surface area contributed by atoms with E-state index in [9.17, 15) is 14.5 Å². The number of aliphatic hydroxyl groups is 1. The van der Waals surface area contributed by atoms with Gasteiger partial charge in [-0.2, -0.15) is 0 Å². The van der Waals surface area contributed by atoms with Crippen LogP contribution in [0.1, 0.15) is 19.3 Å². The minimum Gasteiger partial charge on any atom is -0.396 e. The Hall–Kier alpha value is -1.40. The third-order valence-electron chi connectivity index (χ3n) is 3.49. The Labute approximate surface area is 114 Å². The first-order valence-electron chi connectivity index (χ1n) is 5.96. The number of anilines is 1. The van der Waals surface area contributed by atoms with Crippen molar-refractivity contribution in [3.8, 4) is 0 Å². The minimum absolute atomic E-state index is 0.00345. The molecule has 1 aliphatic rings. The highest BCUT2D eigenvalue weighted by molar-refractivity contribution is 6.31.